The Morgan fingerprint density at radius 1 is 0.667 bits per heavy atom. The number of rotatable bonds is 10. The summed E-state index contributed by atoms with van der Waals surface area (Å²) in [5.41, 5.74) is 21.6. The van der Waals surface area contributed by atoms with Crippen LogP contribution in [0.1, 0.15) is 28.2 Å². The van der Waals surface area contributed by atoms with E-state index in [1.54, 1.807) is 19.1 Å². The van der Waals surface area contributed by atoms with Crippen LogP contribution in [0.5, 0.6) is 0 Å². The number of hydrogen-bond donors (Lipinski definition) is 7. The topological polar surface area (TPSA) is 255 Å². The van der Waals surface area contributed by atoms with E-state index >= 15 is 0 Å². The molecule has 18 nitrogen and oxygen atoms in total. The minimum atomic E-state index is -1.14. The van der Waals surface area contributed by atoms with Crippen molar-refractivity contribution >= 4 is 67.4 Å². The highest BCUT2D eigenvalue weighted by Crippen LogP contribution is 2.40. The van der Waals surface area contributed by atoms with Crippen LogP contribution in [-0.2, 0) is 36.6 Å². The predicted octanol–water partition coefficient (Wildman–Crippen LogP) is 4.76. The number of fused-ring (bicyclic) bond motifs is 3. The number of aryl methyl sites for hydroxylation is 3. The molecule has 0 saturated carbocycles. The number of ether oxygens (including phenoxy) is 3. The van der Waals surface area contributed by atoms with Crippen molar-refractivity contribution in [2.75, 3.05) is 93.6 Å². The van der Waals surface area contributed by atoms with E-state index < -0.39 is 28.9 Å². The highest BCUT2D eigenvalue weighted by atomic mass is 16.6. The first-order chi connectivity index (χ1) is 30.3. The van der Waals surface area contributed by atoms with Crippen molar-refractivity contribution in [3.05, 3.63) is 92.9 Å². The minimum Gasteiger partial charge on any atom is -0.480 e. The Balaban J connectivity index is 0.000000145. The third-order valence-corrected chi connectivity index (χ3v) is 11.8. The van der Waals surface area contributed by atoms with Crippen LogP contribution in [0, 0.1) is 30.9 Å². The van der Waals surface area contributed by atoms with Crippen LogP contribution >= 0.6 is 0 Å². The van der Waals surface area contributed by atoms with Crippen LogP contribution in [0.3, 0.4) is 0 Å². The van der Waals surface area contributed by atoms with E-state index in [0.717, 1.165) is 80.5 Å². The van der Waals surface area contributed by atoms with Crippen molar-refractivity contribution in [2.24, 2.45) is 11.5 Å². The molecule has 6 aromatic rings. The number of carbonyl (C=O) groups is 2. The summed E-state index contributed by atoms with van der Waals surface area (Å²) in [5, 5.41) is 32.8. The number of nitro benzene ring substituents is 1. The Kier molecular flexibility index (Phi) is 14.2. The number of aromatic amines is 3. The highest BCUT2D eigenvalue weighted by molar-refractivity contribution is 5.99. The second-order valence-electron chi connectivity index (χ2n) is 16.1. The van der Waals surface area contributed by atoms with Crippen molar-refractivity contribution in [1.82, 2.24) is 15.0 Å². The molecule has 3 aliphatic rings. The fraction of sp³-hybridized carbons (Fsp3) is 0.422. The number of benzene rings is 3. The second kappa shape index (κ2) is 19.9. The normalized spacial score (nSPS) is 16.6. The van der Waals surface area contributed by atoms with E-state index in [2.05, 4.69) is 68.1 Å². The summed E-state index contributed by atoms with van der Waals surface area (Å²) in [6.07, 6.45) is 0.350. The van der Waals surface area contributed by atoms with Crippen molar-refractivity contribution in [1.29, 1.82) is 0 Å². The molecular weight excluding hydrogens is 811 g/mol. The first-order valence-electron chi connectivity index (χ1n) is 21.2. The molecule has 336 valence electrons. The second-order valence-corrected chi connectivity index (χ2v) is 16.1. The van der Waals surface area contributed by atoms with Crippen molar-refractivity contribution in [2.45, 2.75) is 45.7 Å². The number of H-pyrrole nitrogens is 3. The lowest BCUT2D eigenvalue weighted by atomic mass is 10.0. The maximum Gasteiger partial charge on any atom is 0.320 e. The van der Waals surface area contributed by atoms with Crippen LogP contribution < -0.4 is 26.2 Å². The summed E-state index contributed by atoms with van der Waals surface area (Å²) in [4.78, 5) is 49.9. The van der Waals surface area contributed by atoms with Gasteiger partial charge in [0.05, 0.1) is 55.5 Å². The largest absolute Gasteiger partial charge is 0.480 e. The molecule has 3 fully saturated rings. The number of carboxylic acid groups (broad SMARTS) is 2. The van der Waals surface area contributed by atoms with Gasteiger partial charge in [0.1, 0.15) is 17.8 Å². The molecule has 2 atom stereocenters. The van der Waals surface area contributed by atoms with Gasteiger partial charge >= 0.3 is 17.6 Å². The van der Waals surface area contributed by atoms with E-state index in [1.165, 1.54) is 22.3 Å². The maximum absolute atomic E-state index is 11.8. The zero-order valence-corrected chi connectivity index (χ0v) is 35.9. The molecule has 0 radical (unpaired) electrons. The summed E-state index contributed by atoms with van der Waals surface area (Å²) in [6, 6.07) is 16.6. The number of nitrogens with one attached hydrogen (secondary N) is 3. The number of hydrogen-bond acceptors (Lipinski definition) is 12. The molecular formula is C45H57N9O9. The number of nitro groups is 1. The van der Waals surface area contributed by atoms with E-state index in [1.807, 2.05) is 17.9 Å². The van der Waals surface area contributed by atoms with Crippen molar-refractivity contribution in [3.63, 3.8) is 0 Å². The monoisotopic (exact) mass is 867 g/mol. The number of nitrogens with zero attached hydrogens (tertiary/aromatic N) is 4. The fourth-order valence-corrected chi connectivity index (χ4v) is 8.50. The average Bonchev–Trinajstić information content (AvgIpc) is 3.93. The Morgan fingerprint density at radius 2 is 1.14 bits per heavy atom. The van der Waals surface area contributed by atoms with Gasteiger partial charge in [0.2, 0.25) is 0 Å². The molecule has 63 heavy (non-hydrogen) atoms. The van der Waals surface area contributed by atoms with Gasteiger partial charge in [-0.1, -0.05) is 0 Å². The van der Waals surface area contributed by atoms with Crippen LogP contribution in [0.25, 0.3) is 32.7 Å². The molecule has 18 heteroatoms. The number of nitrogens with two attached hydrogens (primary N) is 2. The number of aromatic nitrogens is 3. The van der Waals surface area contributed by atoms with Crippen molar-refractivity contribution < 1.29 is 38.9 Å². The molecule has 0 aliphatic carbocycles. The van der Waals surface area contributed by atoms with Gasteiger partial charge in [0.25, 0.3) is 0 Å². The lowest BCUT2D eigenvalue weighted by molar-refractivity contribution is -0.382. The van der Waals surface area contributed by atoms with Gasteiger partial charge in [0, 0.05) is 102 Å². The molecule has 0 amide bonds. The Bertz CT molecular complexity index is 2570. The summed E-state index contributed by atoms with van der Waals surface area (Å²) >= 11 is 0. The first kappa shape index (κ1) is 44.9. The van der Waals surface area contributed by atoms with E-state index in [0.29, 0.717) is 60.6 Å². The molecule has 3 aromatic carbocycles. The predicted molar refractivity (Wildman–Crippen MR) is 243 cm³/mol. The highest BCUT2D eigenvalue weighted by Gasteiger charge is 2.29. The fourth-order valence-electron chi connectivity index (χ4n) is 8.50. The smallest absolute Gasteiger partial charge is 0.320 e. The molecule has 6 heterocycles. The van der Waals surface area contributed by atoms with Gasteiger partial charge in [-0.15, -0.1) is 0 Å². The van der Waals surface area contributed by atoms with Crippen LogP contribution in [0.4, 0.5) is 22.7 Å². The maximum atomic E-state index is 11.8. The average molecular weight is 868 g/mol. The molecule has 9 N–H and O–H groups in total. The van der Waals surface area contributed by atoms with Crippen molar-refractivity contribution in [3.8, 4) is 0 Å². The zero-order valence-electron chi connectivity index (χ0n) is 35.9. The van der Waals surface area contributed by atoms with E-state index in [9.17, 15) is 19.7 Å². The number of carboxylic acids is 2. The van der Waals surface area contributed by atoms with Gasteiger partial charge in [0.15, 0.2) is 0 Å². The quantitative estimate of drug-likeness (QED) is 0.0725. The molecule has 3 aromatic heterocycles. The van der Waals surface area contributed by atoms with Gasteiger partial charge in [-0.3, -0.25) is 19.7 Å². The SMILES string of the molecule is Cc1[nH]c2ccc(N3CCOCC3)c([N+](=O)[O-])c2c1CC(N)C(=O)O.Cc1[nH]c2ccc(N3CCOCC3)cc2c1CC(N)C(=O)O.Cc1cc2cc(N3CCOCC3)ccc2[nH]1. The zero-order chi connectivity index (χ0) is 44.8. The van der Waals surface area contributed by atoms with Crippen LogP contribution in [-0.4, -0.2) is 133 Å². The van der Waals surface area contributed by atoms with Gasteiger partial charge in [-0.05, 0) is 86.5 Å². The lowest BCUT2D eigenvalue weighted by Crippen LogP contribution is -2.36. The van der Waals surface area contributed by atoms with Crippen LogP contribution in [0.2, 0.25) is 0 Å². The standard InChI is InChI=1S/C16H20N4O5.C16H21N3O3.C13H16N2O/c1-9-10(8-11(17)16(21)22)14-12(18-9)2-3-13(15(14)20(23)24)19-4-6-25-7-5-19;1-10-12(9-14(17)16(20)21)13-8-11(2-3-15(13)18-10)19-4-6-22-7-5-19;1-10-8-11-9-12(2-3-13(11)14-10)15-4-6-16-7-5-15/h2-3,11,18H,4-8,17H2,1H3,(H,21,22);2-3,8,14,18H,4-7,9,17H2,1H3,(H,20,21);2-3,8-9,14H,4-7H2,1H3. The molecule has 3 aliphatic heterocycles. The summed E-state index contributed by atoms with van der Waals surface area (Å²) in [6.45, 7) is 14.9. The summed E-state index contributed by atoms with van der Waals surface area (Å²) < 4.78 is 16.1. The van der Waals surface area contributed by atoms with Gasteiger partial charge in [-0.25, -0.2) is 0 Å². The summed E-state index contributed by atoms with van der Waals surface area (Å²) in [7, 11) is 0. The minimum absolute atomic E-state index is 0.0173. The first-order valence-corrected chi connectivity index (χ1v) is 21.2. The number of anilines is 3. The molecule has 0 bridgehead atoms. The van der Waals surface area contributed by atoms with E-state index in [4.69, 9.17) is 35.9 Å². The Morgan fingerprint density at radius 3 is 1.70 bits per heavy atom. The number of aliphatic carboxylic acids is 2. The molecule has 3 saturated heterocycles. The van der Waals surface area contributed by atoms with Gasteiger partial charge in [-0.2, -0.15) is 0 Å². The summed E-state index contributed by atoms with van der Waals surface area (Å²) in [5.74, 6) is -2.11. The number of morpholine rings is 3. The van der Waals surface area contributed by atoms with Gasteiger partial charge < -0.3 is 65.5 Å². The molecule has 9 rings (SSSR count). The van der Waals surface area contributed by atoms with Crippen LogP contribution in [0.15, 0.2) is 54.6 Å². The third-order valence-electron chi connectivity index (χ3n) is 11.8. The third kappa shape index (κ3) is 10.4. The van der Waals surface area contributed by atoms with E-state index in [-0.39, 0.29) is 12.1 Å². The Hall–Kier alpha value is -6.18. The Labute approximate surface area is 364 Å². The lowest BCUT2D eigenvalue weighted by Gasteiger charge is -2.29. The molecule has 2 unspecified atom stereocenters. The molecule has 0 spiro atoms.